The molecule has 0 atom stereocenters. The fourth-order valence-corrected chi connectivity index (χ4v) is 3.09. The van der Waals surface area contributed by atoms with Crippen LogP contribution in [0.15, 0.2) is 24.3 Å². The lowest BCUT2D eigenvalue weighted by Gasteiger charge is -2.23. The van der Waals surface area contributed by atoms with Gasteiger partial charge in [-0.1, -0.05) is 39.8 Å². The van der Waals surface area contributed by atoms with Crippen LogP contribution in [0.25, 0.3) is 11.1 Å². The Morgan fingerprint density at radius 2 is 1.62 bits per heavy atom. The summed E-state index contributed by atoms with van der Waals surface area (Å²) in [6.07, 6.45) is 0. The van der Waals surface area contributed by atoms with E-state index in [1.165, 1.54) is 19.2 Å². The zero-order valence-corrected chi connectivity index (χ0v) is 16.2. The standard InChI is InChI=1S/C21H26FNO3/c1-12(2)19-16(11-25-5)17(14-7-9-15(22)10-8-14)18(21(24)26-6)20(23-19)13(3)4/h7-10,12-13H,11H2,1-6H3. The highest BCUT2D eigenvalue weighted by Crippen LogP contribution is 2.37. The third-order valence-electron chi connectivity index (χ3n) is 4.26. The summed E-state index contributed by atoms with van der Waals surface area (Å²) in [4.78, 5) is 17.5. The van der Waals surface area contributed by atoms with E-state index in [1.807, 2.05) is 13.8 Å². The molecule has 4 nitrogen and oxygen atoms in total. The van der Waals surface area contributed by atoms with E-state index in [0.29, 0.717) is 23.4 Å². The van der Waals surface area contributed by atoms with Gasteiger partial charge in [-0.15, -0.1) is 0 Å². The molecule has 26 heavy (non-hydrogen) atoms. The highest BCUT2D eigenvalue weighted by molar-refractivity contribution is 5.99. The van der Waals surface area contributed by atoms with Crippen LogP contribution in [0.2, 0.25) is 0 Å². The molecule has 1 aromatic heterocycles. The van der Waals surface area contributed by atoms with Crippen molar-refractivity contribution < 1.29 is 18.7 Å². The maximum atomic E-state index is 13.5. The number of hydrogen-bond acceptors (Lipinski definition) is 4. The number of pyridine rings is 1. The summed E-state index contributed by atoms with van der Waals surface area (Å²) in [5.74, 6) is -0.613. The van der Waals surface area contributed by atoms with E-state index in [1.54, 1.807) is 19.2 Å². The zero-order valence-electron chi connectivity index (χ0n) is 16.2. The first-order valence-electron chi connectivity index (χ1n) is 8.71. The maximum Gasteiger partial charge on any atom is 0.340 e. The van der Waals surface area contributed by atoms with Crippen molar-refractivity contribution in [2.24, 2.45) is 0 Å². The minimum Gasteiger partial charge on any atom is -0.465 e. The number of aromatic nitrogens is 1. The fourth-order valence-electron chi connectivity index (χ4n) is 3.09. The lowest BCUT2D eigenvalue weighted by atomic mass is 9.87. The molecule has 0 aliphatic carbocycles. The predicted octanol–water partition coefficient (Wildman–Crippen LogP) is 5.07. The molecule has 0 radical (unpaired) electrons. The summed E-state index contributed by atoms with van der Waals surface area (Å²) in [5.41, 5.74) is 4.26. The monoisotopic (exact) mass is 359 g/mol. The summed E-state index contributed by atoms with van der Waals surface area (Å²) in [7, 11) is 2.96. The quantitative estimate of drug-likeness (QED) is 0.676. The van der Waals surface area contributed by atoms with E-state index in [-0.39, 0.29) is 17.7 Å². The summed E-state index contributed by atoms with van der Waals surface area (Å²) >= 11 is 0. The molecule has 140 valence electrons. The lowest BCUT2D eigenvalue weighted by Crippen LogP contribution is -2.17. The van der Waals surface area contributed by atoms with Gasteiger partial charge in [-0.2, -0.15) is 0 Å². The molecule has 0 saturated heterocycles. The van der Waals surface area contributed by atoms with Crippen molar-refractivity contribution in [1.82, 2.24) is 4.98 Å². The summed E-state index contributed by atoms with van der Waals surface area (Å²) in [6, 6.07) is 6.12. The molecule has 2 aromatic rings. The smallest absolute Gasteiger partial charge is 0.340 e. The number of hydrogen-bond donors (Lipinski definition) is 0. The average Bonchev–Trinajstić information content (AvgIpc) is 2.61. The Balaban J connectivity index is 2.97. The van der Waals surface area contributed by atoms with Crippen LogP contribution in [0.1, 0.15) is 66.8 Å². The molecule has 0 spiro atoms. The normalized spacial score (nSPS) is 11.3. The average molecular weight is 359 g/mol. The predicted molar refractivity (Wildman–Crippen MR) is 99.9 cm³/mol. The Kier molecular flexibility index (Phi) is 6.48. The molecule has 0 unspecified atom stereocenters. The van der Waals surface area contributed by atoms with Gasteiger partial charge in [0.25, 0.3) is 0 Å². The van der Waals surface area contributed by atoms with Crippen molar-refractivity contribution in [3.05, 3.63) is 52.6 Å². The number of halogens is 1. The van der Waals surface area contributed by atoms with E-state index in [9.17, 15) is 9.18 Å². The van der Waals surface area contributed by atoms with Crippen molar-refractivity contribution in [1.29, 1.82) is 0 Å². The summed E-state index contributed by atoms with van der Waals surface area (Å²) in [5, 5.41) is 0. The summed E-state index contributed by atoms with van der Waals surface area (Å²) in [6.45, 7) is 8.39. The number of nitrogens with zero attached hydrogens (tertiary/aromatic N) is 1. The second-order valence-corrected chi connectivity index (χ2v) is 6.85. The third-order valence-corrected chi connectivity index (χ3v) is 4.26. The maximum absolute atomic E-state index is 13.5. The molecule has 2 rings (SSSR count). The molecule has 0 N–H and O–H groups in total. The van der Waals surface area contributed by atoms with Crippen molar-refractivity contribution in [3.63, 3.8) is 0 Å². The van der Waals surface area contributed by atoms with Gasteiger partial charge in [0.2, 0.25) is 0 Å². The molecule has 5 heteroatoms. The third kappa shape index (κ3) is 3.93. The molecule has 0 bridgehead atoms. The lowest BCUT2D eigenvalue weighted by molar-refractivity contribution is 0.0599. The van der Waals surface area contributed by atoms with Crippen LogP contribution >= 0.6 is 0 Å². The first-order chi connectivity index (χ1) is 12.3. The van der Waals surface area contributed by atoms with Crippen LogP contribution < -0.4 is 0 Å². The van der Waals surface area contributed by atoms with E-state index in [2.05, 4.69) is 13.8 Å². The number of carbonyl (C=O) groups excluding carboxylic acids is 1. The Morgan fingerprint density at radius 1 is 1.04 bits per heavy atom. The van der Waals surface area contributed by atoms with Crippen molar-refractivity contribution in [2.75, 3.05) is 14.2 Å². The Bertz CT molecular complexity index is 783. The Labute approximate surface area is 154 Å². The SMILES string of the molecule is COCc1c(C(C)C)nc(C(C)C)c(C(=O)OC)c1-c1ccc(F)cc1. The Morgan fingerprint density at radius 3 is 2.08 bits per heavy atom. The van der Waals surface area contributed by atoms with Crippen molar-refractivity contribution in [3.8, 4) is 11.1 Å². The van der Waals surface area contributed by atoms with Crippen LogP contribution in [0.4, 0.5) is 4.39 Å². The topological polar surface area (TPSA) is 48.4 Å². The number of ether oxygens (including phenoxy) is 2. The van der Waals surface area contributed by atoms with Crippen LogP contribution in [-0.4, -0.2) is 25.2 Å². The molecule has 0 aliphatic heterocycles. The van der Waals surface area contributed by atoms with E-state index in [4.69, 9.17) is 14.5 Å². The van der Waals surface area contributed by atoms with Crippen LogP contribution in [-0.2, 0) is 16.1 Å². The molecule has 1 aromatic carbocycles. The first kappa shape index (κ1) is 20.0. The molecular weight excluding hydrogens is 333 g/mol. The van der Waals surface area contributed by atoms with Gasteiger partial charge in [-0.3, -0.25) is 4.98 Å². The van der Waals surface area contributed by atoms with Gasteiger partial charge in [0.05, 0.1) is 25.0 Å². The molecule has 0 fully saturated rings. The number of benzene rings is 1. The molecular formula is C21H26FNO3. The highest BCUT2D eigenvalue weighted by atomic mass is 19.1. The minimum absolute atomic E-state index is 0.0254. The highest BCUT2D eigenvalue weighted by Gasteiger charge is 2.28. The number of esters is 1. The van der Waals surface area contributed by atoms with E-state index < -0.39 is 5.97 Å². The molecule has 1 heterocycles. The van der Waals surface area contributed by atoms with Gasteiger partial charge >= 0.3 is 5.97 Å². The van der Waals surface area contributed by atoms with Gasteiger partial charge in [-0.05, 0) is 29.5 Å². The van der Waals surface area contributed by atoms with Crippen molar-refractivity contribution in [2.45, 2.75) is 46.1 Å². The first-order valence-corrected chi connectivity index (χ1v) is 8.71. The number of carbonyl (C=O) groups is 1. The van der Waals surface area contributed by atoms with E-state index in [0.717, 1.165) is 16.8 Å². The number of methoxy groups -OCH3 is 2. The zero-order chi connectivity index (χ0) is 19.4. The number of rotatable bonds is 6. The molecule has 0 saturated carbocycles. The van der Waals surface area contributed by atoms with Gasteiger partial charge < -0.3 is 9.47 Å². The minimum atomic E-state index is -0.451. The molecule has 0 amide bonds. The van der Waals surface area contributed by atoms with Gasteiger partial charge in [0, 0.05) is 23.9 Å². The van der Waals surface area contributed by atoms with Crippen molar-refractivity contribution >= 4 is 5.97 Å². The van der Waals surface area contributed by atoms with E-state index >= 15 is 0 Å². The van der Waals surface area contributed by atoms with Gasteiger partial charge in [0.15, 0.2) is 0 Å². The van der Waals surface area contributed by atoms with Gasteiger partial charge in [0.1, 0.15) is 5.82 Å². The second-order valence-electron chi connectivity index (χ2n) is 6.85. The fraction of sp³-hybridized carbons (Fsp3) is 0.429. The van der Waals surface area contributed by atoms with Crippen LogP contribution in [0.5, 0.6) is 0 Å². The summed E-state index contributed by atoms with van der Waals surface area (Å²) < 4.78 is 23.9. The Hall–Kier alpha value is -2.27. The van der Waals surface area contributed by atoms with Gasteiger partial charge in [-0.25, -0.2) is 9.18 Å². The second kappa shape index (κ2) is 8.41. The van der Waals surface area contributed by atoms with Crippen LogP contribution in [0.3, 0.4) is 0 Å². The largest absolute Gasteiger partial charge is 0.465 e. The van der Waals surface area contributed by atoms with Crippen LogP contribution in [0, 0.1) is 5.82 Å². The molecule has 0 aliphatic rings.